The molecule has 1 atom stereocenters. The molecule has 3 nitrogen and oxygen atoms in total. The molecule has 1 unspecified atom stereocenters. The van der Waals surface area contributed by atoms with Gasteiger partial charge in [-0.1, -0.05) is 15.9 Å². The van der Waals surface area contributed by atoms with E-state index in [-0.39, 0.29) is 0 Å². The summed E-state index contributed by atoms with van der Waals surface area (Å²) in [5, 5.41) is 3.46. The van der Waals surface area contributed by atoms with Gasteiger partial charge in [-0.3, -0.25) is 0 Å². The summed E-state index contributed by atoms with van der Waals surface area (Å²) >= 11 is 3.54. The van der Waals surface area contributed by atoms with Crippen molar-refractivity contribution in [1.29, 1.82) is 0 Å². The number of aryl methyl sites for hydroxylation is 1. The summed E-state index contributed by atoms with van der Waals surface area (Å²) in [5.74, 6) is 1.07. The van der Waals surface area contributed by atoms with E-state index in [1.807, 2.05) is 0 Å². The first-order valence-corrected chi connectivity index (χ1v) is 6.42. The zero-order valence-electron chi connectivity index (χ0n) is 9.18. The van der Waals surface area contributed by atoms with Gasteiger partial charge in [0.25, 0.3) is 0 Å². The molecule has 4 heteroatoms. The Bertz CT molecular complexity index is 487. The Balaban J connectivity index is 2.08. The molecule has 1 aromatic heterocycles. The zero-order chi connectivity index (χ0) is 11.1. The normalized spacial score (nSPS) is 20.8. The highest BCUT2D eigenvalue weighted by molar-refractivity contribution is 9.10. The Morgan fingerprint density at radius 1 is 1.44 bits per heavy atom. The molecule has 0 bridgehead atoms. The van der Waals surface area contributed by atoms with Crippen LogP contribution in [0.1, 0.15) is 30.3 Å². The average Bonchev–Trinajstić information content (AvgIpc) is 2.86. The van der Waals surface area contributed by atoms with Gasteiger partial charge in [-0.05, 0) is 44.0 Å². The van der Waals surface area contributed by atoms with Gasteiger partial charge in [-0.25, -0.2) is 4.98 Å². The number of aromatic nitrogens is 2. The van der Waals surface area contributed by atoms with Crippen LogP contribution in [0.15, 0.2) is 16.6 Å². The number of hydrogen-bond acceptors (Lipinski definition) is 2. The Kier molecular flexibility index (Phi) is 2.48. The fraction of sp³-hybridized carbons (Fsp3) is 0.417. The lowest BCUT2D eigenvalue weighted by Crippen LogP contribution is -2.13. The molecule has 0 saturated carbocycles. The molecule has 2 aromatic rings. The second-order valence-corrected chi connectivity index (χ2v) is 5.24. The van der Waals surface area contributed by atoms with E-state index in [0.29, 0.717) is 6.04 Å². The number of aromatic amines is 1. The Hall–Kier alpha value is -0.870. The third-order valence-corrected chi connectivity index (χ3v) is 4.03. The first-order valence-electron chi connectivity index (χ1n) is 5.63. The van der Waals surface area contributed by atoms with E-state index < -0.39 is 0 Å². The van der Waals surface area contributed by atoms with Crippen molar-refractivity contribution >= 4 is 27.0 Å². The van der Waals surface area contributed by atoms with Crippen molar-refractivity contribution < 1.29 is 0 Å². The van der Waals surface area contributed by atoms with Crippen LogP contribution in [-0.2, 0) is 0 Å². The SMILES string of the molecule is Cc1cc2[nH]c(C3CCCN3)nc2cc1Br. The summed E-state index contributed by atoms with van der Waals surface area (Å²) in [6.07, 6.45) is 2.42. The molecule has 1 aromatic carbocycles. The predicted octanol–water partition coefficient (Wildman–Crippen LogP) is 3.06. The first-order chi connectivity index (χ1) is 7.74. The molecule has 0 spiro atoms. The standard InChI is InChI=1S/C12H14BrN3/c1-7-5-10-11(6-8(7)13)16-12(15-10)9-3-2-4-14-9/h5-6,9,14H,2-4H2,1H3,(H,15,16). The molecule has 1 fully saturated rings. The van der Waals surface area contributed by atoms with Gasteiger partial charge in [0, 0.05) is 4.47 Å². The quantitative estimate of drug-likeness (QED) is 0.843. The molecule has 16 heavy (non-hydrogen) atoms. The average molecular weight is 280 g/mol. The number of rotatable bonds is 1. The van der Waals surface area contributed by atoms with Crippen molar-refractivity contribution in [3.8, 4) is 0 Å². The lowest BCUT2D eigenvalue weighted by atomic mass is 10.2. The Morgan fingerprint density at radius 3 is 3.06 bits per heavy atom. The van der Waals surface area contributed by atoms with E-state index in [9.17, 15) is 0 Å². The summed E-state index contributed by atoms with van der Waals surface area (Å²) in [6, 6.07) is 4.64. The number of nitrogens with one attached hydrogen (secondary N) is 2. The van der Waals surface area contributed by atoms with E-state index >= 15 is 0 Å². The third-order valence-electron chi connectivity index (χ3n) is 3.17. The molecule has 2 N–H and O–H groups in total. The van der Waals surface area contributed by atoms with Gasteiger partial charge in [0.05, 0.1) is 17.1 Å². The molecule has 0 aliphatic carbocycles. The minimum Gasteiger partial charge on any atom is -0.341 e. The minimum atomic E-state index is 0.409. The Morgan fingerprint density at radius 2 is 2.31 bits per heavy atom. The van der Waals surface area contributed by atoms with Gasteiger partial charge in [0.2, 0.25) is 0 Å². The van der Waals surface area contributed by atoms with Crippen LogP contribution in [0, 0.1) is 6.92 Å². The first kappa shape index (κ1) is 10.3. The van der Waals surface area contributed by atoms with E-state index in [0.717, 1.165) is 27.9 Å². The summed E-state index contributed by atoms with van der Waals surface area (Å²) < 4.78 is 1.12. The van der Waals surface area contributed by atoms with Crippen LogP contribution in [0.2, 0.25) is 0 Å². The van der Waals surface area contributed by atoms with Crippen molar-refractivity contribution in [2.45, 2.75) is 25.8 Å². The third kappa shape index (κ3) is 1.66. The van der Waals surface area contributed by atoms with Gasteiger partial charge in [0.15, 0.2) is 0 Å². The highest BCUT2D eigenvalue weighted by Crippen LogP contribution is 2.26. The molecule has 84 valence electrons. The highest BCUT2D eigenvalue weighted by atomic mass is 79.9. The van der Waals surface area contributed by atoms with Crippen LogP contribution in [0.3, 0.4) is 0 Å². The van der Waals surface area contributed by atoms with Crippen LogP contribution in [-0.4, -0.2) is 16.5 Å². The summed E-state index contributed by atoms with van der Waals surface area (Å²) in [6.45, 7) is 3.20. The van der Waals surface area contributed by atoms with E-state index in [4.69, 9.17) is 0 Å². The number of nitrogens with zero attached hydrogens (tertiary/aromatic N) is 1. The van der Waals surface area contributed by atoms with E-state index in [1.54, 1.807) is 0 Å². The largest absolute Gasteiger partial charge is 0.341 e. The fourth-order valence-electron chi connectivity index (χ4n) is 2.24. The fourth-order valence-corrected chi connectivity index (χ4v) is 2.57. The van der Waals surface area contributed by atoms with Crippen molar-refractivity contribution in [2.24, 2.45) is 0 Å². The van der Waals surface area contributed by atoms with Gasteiger partial charge >= 0.3 is 0 Å². The van der Waals surface area contributed by atoms with Gasteiger partial charge in [0.1, 0.15) is 5.82 Å². The molecule has 2 heterocycles. The maximum Gasteiger partial charge on any atom is 0.124 e. The van der Waals surface area contributed by atoms with Crippen LogP contribution in [0.4, 0.5) is 0 Å². The van der Waals surface area contributed by atoms with Gasteiger partial charge < -0.3 is 10.3 Å². The van der Waals surface area contributed by atoms with Crippen LogP contribution < -0.4 is 5.32 Å². The smallest absolute Gasteiger partial charge is 0.124 e. The molecule has 1 aliphatic heterocycles. The number of fused-ring (bicyclic) bond motifs is 1. The molecule has 3 rings (SSSR count). The van der Waals surface area contributed by atoms with Gasteiger partial charge in [-0.15, -0.1) is 0 Å². The Labute approximate surface area is 103 Å². The van der Waals surface area contributed by atoms with Crippen molar-refractivity contribution in [1.82, 2.24) is 15.3 Å². The molecule has 0 amide bonds. The maximum atomic E-state index is 4.65. The van der Waals surface area contributed by atoms with Gasteiger partial charge in [-0.2, -0.15) is 0 Å². The van der Waals surface area contributed by atoms with E-state index in [1.165, 1.54) is 18.4 Å². The lowest BCUT2D eigenvalue weighted by Gasteiger charge is -2.04. The second kappa shape index (κ2) is 3.86. The number of benzene rings is 1. The second-order valence-electron chi connectivity index (χ2n) is 4.39. The highest BCUT2D eigenvalue weighted by Gasteiger charge is 2.19. The predicted molar refractivity (Wildman–Crippen MR) is 68.5 cm³/mol. The lowest BCUT2D eigenvalue weighted by molar-refractivity contribution is 0.614. The molecule has 1 saturated heterocycles. The molecule has 0 radical (unpaired) electrons. The van der Waals surface area contributed by atoms with Crippen LogP contribution in [0.25, 0.3) is 11.0 Å². The molecular weight excluding hydrogens is 266 g/mol. The maximum absolute atomic E-state index is 4.65. The molecular formula is C12H14BrN3. The van der Waals surface area contributed by atoms with Crippen molar-refractivity contribution in [3.63, 3.8) is 0 Å². The van der Waals surface area contributed by atoms with Crippen molar-refractivity contribution in [2.75, 3.05) is 6.54 Å². The number of imidazole rings is 1. The number of halogens is 1. The minimum absolute atomic E-state index is 0.409. The summed E-state index contributed by atoms with van der Waals surface area (Å²) in [5.41, 5.74) is 3.41. The van der Waals surface area contributed by atoms with Crippen molar-refractivity contribution in [3.05, 3.63) is 28.0 Å². The monoisotopic (exact) mass is 279 g/mol. The topological polar surface area (TPSA) is 40.7 Å². The van der Waals surface area contributed by atoms with Crippen LogP contribution in [0.5, 0.6) is 0 Å². The summed E-state index contributed by atoms with van der Waals surface area (Å²) in [4.78, 5) is 8.06. The van der Waals surface area contributed by atoms with Crippen LogP contribution >= 0.6 is 15.9 Å². The number of H-pyrrole nitrogens is 1. The zero-order valence-corrected chi connectivity index (χ0v) is 10.8. The number of hydrogen-bond donors (Lipinski definition) is 2. The van der Waals surface area contributed by atoms with E-state index in [2.05, 4.69) is 50.3 Å². The summed E-state index contributed by atoms with van der Waals surface area (Å²) in [7, 11) is 0. The molecule has 1 aliphatic rings.